The summed E-state index contributed by atoms with van der Waals surface area (Å²) in [7, 11) is 0. The molecule has 8 heteroatoms. The third-order valence-corrected chi connectivity index (χ3v) is 5.43. The molecule has 1 aromatic carbocycles. The van der Waals surface area contributed by atoms with Crippen LogP contribution in [-0.4, -0.2) is 33.3 Å². The molecule has 2 heterocycles. The van der Waals surface area contributed by atoms with E-state index in [1.807, 2.05) is 6.92 Å². The van der Waals surface area contributed by atoms with Crippen molar-refractivity contribution in [1.29, 1.82) is 0 Å². The number of aromatic nitrogens is 1. The largest absolute Gasteiger partial charge is 0.356 e. The van der Waals surface area contributed by atoms with Gasteiger partial charge in [0.05, 0.1) is 11.3 Å². The number of rotatable bonds is 5. The van der Waals surface area contributed by atoms with Crippen molar-refractivity contribution in [3.63, 3.8) is 0 Å². The minimum absolute atomic E-state index is 0.287. The highest BCUT2D eigenvalue weighted by molar-refractivity contribution is 7.99. The Morgan fingerprint density at radius 1 is 1.40 bits per heavy atom. The van der Waals surface area contributed by atoms with E-state index in [9.17, 15) is 9.18 Å². The summed E-state index contributed by atoms with van der Waals surface area (Å²) in [6, 6.07) is 6.56. The Kier molecular flexibility index (Phi) is 5.41. The number of benzene rings is 1. The zero-order valence-corrected chi connectivity index (χ0v) is 14.7. The second-order valence-electron chi connectivity index (χ2n) is 6.15. The summed E-state index contributed by atoms with van der Waals surface area (Å²) in [5.74, 6) is 1.20. The highest BCUT2D eigenvalue weighted by atomic mass is 32.2. The quantitative estimate of drug-likeness (QED) is 0.558. The van der Waals surface area contributed by atoms with E-state index in [0.29, 0.717) is 29.9 Å². The molecular weight excluding hydrogens is 345 g/mol. The van der Waals surface area contributed by atoms with Crippen molar-refractivity contribution in [3.05, 3.63) is 41.3 Å². The van der Waals surface area contributed by atoms with Gasteiger partial charge in [0.15, 0.2) is 5.76 Å². The van der Waals surface area contributed by atoms with Gasteiger partial charge in [-0.1, -0.05) is 11.2 Å². The summed E-state index contributed by atoms with van der Waals surface area (Å²) >= 11 is 1.77. The number of thioether (sulfide) groups is 1. The molecule has 1 aliphatic rings. The molecule has 1 aromatic heterocycles. The van der Waals surface area contributed by atoms with Crippen molar-refractivity contribution in [2.24, 2.45) is 0 Å². The van der Waals surface area contributed by atoms with Gasteiger partial charge in [-0.2, -0.15) is 11.8 Å². The van der Waals surface area contributed by atoms with E-state index in [1.165, 1.54) is 6.07 Å². The number of nitrogens with one attached hydrogen (secondary N) is 2. The molecule has 0 aliphatic carbocycles. The maximum absolute atomic E-state index is 14.0. The zero-order valence-electron chi connectivity index (χ0n) is 13.8. The van der Waals surface area contributed by atoms with Gasteiger partial charge < -0.3 is 4.52 Å². The van der Waals surface area contributed by atoms with E-state index in [-0.39, 0.29) is 12.4 Å². The van der Waals surface area contributed by atoms with Crippen LogP contribution in [0.15, 0.2) is 28.8 Å². The molecule has 0 bridgehead atoms. The van der Waals surface area contributed by atoms with Crippen LogP contribution < -0.4 is 10.8 Å². The summed E-state index contributed by atoms with van der Waals surface area (Å²) in [5.41, 5.74) is 2.67. The van der Waals surface area contributed by atoms with Crippen LogP contribution in [0.3, 0.4) is 0 Å². The summed E-state index contributed by atoms with van der Waals surface area (Å²) in [6.45, 7) is 2.10. The van der Waals surface area contributed by atoms with Crippen LogP contribution in [0.1, 0.15) is 24.1 Å². The molecule has 3 rings (SSSR count). The van der Waals surface area contributed by atoms with Crippen LogP contribution in [0.4, 0.5) is 4.39 Å². The van der Waals surface area contributed by atoms with Crippen LogP contribution >= 0.6 is 11.8 Å². The molecular formula is C17H20FN3O3S. The SMILES string of the molecule is Cc1ccc(-c2cc(CNC3(C(=O)NO)CCSCC3)no2)c(F)c1. The maximum Gasteiger partial charge on any atom is 0.263 e. The van der Waals surface area contributed by atoms with Crippen molar-refractivity contribution >= 4 is 17.7 Å². The molecule has 1 amide bonds. The van der Waals surface area contributed by atoms with Gasteiger partial charge in [-0.15, -0.1) is 0 Å². The molecule has 0 saturated carbocycles. The Morgan fingerprint density at radius 2 is 2.16 bits per heavy atom. The first-order chi connectivity index (χ1) is 12.0. The molecule has 6 nitrogen and oxygen atoms in total. The van der Waals surface area contributed by atoms with Gasteiger partial charge in [0.1, 0.15) is 11.4 Å². The van der Waals surface area contributed by atoms with E-state index in [1.54, 1.807) is 35.4 Å². The highest BCUT2D eigenvalue weighted by Gasteiger charge is 2.39. The van der Waals surface area contributed by atoms with Crippen LogP contribution in [0, 0.1) is 12.7 Å². The number of carbonyl (C=O) groups excluding carboxylic acids is 1. The second-order valence-corrected chi connectivity index (χ2v) is 7.38. The zero-order chi connectivity index (χ0) is 17.9. The predicted molar refractivity (Wildman–Crippen MR) is 92.7 cm³/mol. The number of nitrogens with zero attached hydrogens (tertiary/aromatic N) is 1. The molecule has 2 aromatic rings. The molecule has 0 spiro atoms. The fourth-order valence-electron chi connectivity index (χ4n) is 2.91. The third kappa shape index (κ3) is 3.86. The first kappa shape index (κ1) is 17.9. The van der Waals surface area contributed by atoms with Crippen LogP contribution in [0.25, 0.3) is 11.3 Å². The van der Waals surface area contributed by atoms with Crippen molar-refractivity contribution in [1.82, 2.24) is 16.0 Å². The van der Waals surface area contributed by atoms with Crippen LogP contribution in [-0.2, 0) is 11.3 Å². The molecule has 3 N–H and O–H groups in total. The van der Waals surface area contributed by atoms with Gasteiger partial charge in [-0.05, 0) is 49.0 Å². The van der Waals surface area contributed by atoms with Gasteiger partial charge in [-0.25, -0.2) is 9.87 Å². The summed E-state index contributed by atoms with van der Waals surface area (Å²) < 4.78 is 19.3. The average molecular weight is 365 g/mol. The highest BCUT2D eigenvalue weighted by Crippen LogP contribution is 2.28. The maximum atomic E-state index is 14.0. The van der Waals surface area contributed by atoms with Crippen molar-refractivity contribution in [2.75, 3.05) is 11.5 Å². The molecule has 1 aliphatic heterocycles. The number of aryl methyl sites for hydroxylation is 1. The first-order valence-corrected chi connectivity index (χ1v) is 9.19. The lowest BCUT2D eigenvalue weighted by Crippen LogP contribution is -2.58. The summed E-state index contributed by atoms with van der Waals surface area (Å²) in [4.78, 5) is 12.1. The predicted octanol–water partition coefficient (Wildman–Crippen LogP) is 2.65. The number of hydrogen-bond acceptors (Lipinski definition) is 6. The lowest BCUT2D eigenvalue weighted by molar-refractivity contribution is -0.136. The normalized spacial score (nSPS) is 16.6. The van der Waals surface area contributed by atoms with Gasteiger partial charge in [0, 0.05) is 12.6 Å². The lowest BCUT2D eigenvalue weighted by Gasteiger charge is -2.35. The van der Waals surface area contributed by atoms with E-state index in [2.05, 4.69) is 10.5 Å². The molecule has 1 saturated heterocycles. The van der Waals surface area contributed by atoms with Crippen LogP contribution in [0.2, 0.25) is 0 Å². The Hall–Kier alpha value is -1.90. The van der Waals surface area contributed by atoms with Crippen molar-refractivity contribution < 1.29 is 18.9 Å². The Bertz CT molecular complexity index is 759. The minimum Gasteiger partial charge on any atom is -0.356 e. The molecule has 0 unspecified atom stereocenters. The van der Waals surface area contributed by atoms with Gasteiger partial charge in [0.25, 0.3) is 5.91 Å². The Balaban J connectivity index is 1.73. The molecule has 134 valence electrons. The van der Waals surface area contributed by atoms with E-state index >= 15 is 0 Å². The number of amides is 1. The first-order valence-electron chi connectivity index (χ1n) is 8.03. The topological polar surface area (TPSA) is 87.4 Å². The van der Waals surface area contributed by atoms with E-state index < -0.39 is 11.4 Å². The van der Waals surface area contributed by atoms with Gasteiger partial charge in [-0.3, -0.25) is 15.3 Å². The number of halogens is 1. The average Bonchev–Trinajstić information content (AvgIpc) is 3.09. The minimum atomic E-state index is -0.825. The van der Waals surface area contributed by atoms with E-state index in [4.69, 9.17) is 9.73 Å². The second kappa shape index (κ2) is 7.55. The number of hydroxylamine groups is 1. The molecule has 0 radical (unpaired) electrons. The fraction of sp³-hybridized carbons (Fsp3) is 0.412. The Morgan fingerprint density at radius 3 is 2.84 bits per heavy atom. The summed E-state index contributed by atoms with van der Waals surface area (Å²) in [6.07, 6.45) is 1.22. The van der Waals surface area contributed by atoms with Gasteiger partial charge >= 0.3 is 0 Å². The standard InChI is InChI=1S/C17H20FN3O3S/c1-11-2-3-13(14(18)8-11)15-9-12(21-24-15)10-19-17(16(22)20-23)4-6-25-7-5-17/h2-3,8-9,19,23H,4-7,10H2,1H3,(H,20,22). The van der Waals surface area contributed by atoms with Gasteiger partial charge in [0.2, 0.25) is 0 Å². The smallest absolute Gasteiger partial charge is 0.263 e. The number of carbonyl (C=O) groups is 1. The van der Waals surface area contributed by atoms with Crippen molar-refractivity contribution in [3.8, 4) is 11.3 Å². The molecule has 0 atom stereocenters. The molecule has 1 fully saturated rings. The lowest BCUT2D eigenvalue weighted by atomic mass is 9.91. The Labute approximate surface area is 149 Å². The van der Waals surface area contributed by atoms with E-state index in [0.717, 1.165) is 17.1 Å². The molecule has 25 heavy (non-hydrogen) atoms. The third-order valence-electron chi connectivity index (χ3n) is 4.44. The van der Waals surface area contributed by atoms with Crippen molar-refractivity contribution in [2.45, 2.75) is 31.8 Å². The number of hydrogen-bond donors (Lipinski definition) is 3. The fourth-order valence-corrected chi connectivity index (χ4v) is 4.10. The summed E-state index contributed by atoms with van der Waals surface area (Å²) in [5, 5.41) is 16.2. The monoisotopic (exact) mass is 365 g/mol. The van der Waals surface area contributed by atoms with Crippen LogP contribution in [0.5, 0.6) is 0 Å².